The molecule has 0 spiro atoms. The number of carbonyl (C=O) groups excluding carboxylic acids is 2. The van der Waals surface area contributed by atoms with Crippen molar-refractivity contribution in [1.29, 1.82) is 0 Å². The van der Waals surface area contributed by atoms with Crippen LogP contribution in [0.1, 0.15) is 50.0 Å². The van der Waals surface area contributed by atoms with Crippen LogP contribution in [0.3, 0.4) is 0 Å². The molecule has 0 saturated carbocycles. The van der Waals surface area contributed by atoms with E-state index in [0.29, 0.717) is 23.3 Å². The van der Waals surface area contributed by atoms with Gasteiger partial charge in [0.15, 0.2) is 22.1 Å². The summed E-state index contributed by atoms with van der Waals surface area (Å²) in [5, 5.41) is 10.8. The number of nitrogens with zero attached hydrogens (tertiary/aromatic N) is 2. The first kappa shape index (κ1) is 22.6. The molecular weight excluding hydrogens is 472 g/mol. The molecule has 0 unspecified atom stereocenters. The topological polar surface area (TPSA) is 119 Å². The molecule has 0 fully saturated rings. The number of hydrogen-bond donors (Lipinski definition) is 1. The standard InChI is InChI=1S/C25H20N2O7S/c1-4-33-17-11-13(9-10-15(17)28)19-18-20(29)14-7-5-6-8-16(14)34-21(18)23(30)27(19)25-26-12(2)22(35-25)24(31)32-3/h5-11,19,28H,4H2,1-3H3/t19-/m0/s1. The van der Waals surface area contributed by atoms with Gasteiger partial charge in [0.05, 0.1) is 36.4 Å². The van der Waals surface area contributed by atoms with Crippen LogP contribution in [-0.4, -0.2) is 35.7 Å². The van der Waals surface area contributed by atoms with E-state index in [1.807, 2.05) is 0 Å². The van der Waals surface area contributed by atoms with Crippen molar-refractivity contribution in [2.24, 2.45) is 0 Å². The molecular formula is C25H20N2O7S. The number of fused-ring (bicyclic) bond motifs is 2. The Morgan fingerprint density at radius 1 is 1.23 bits per heavy atom. The normalized spacial score (nSPS) is 14.9. The molecule has 0 aliphatic carbocycles. The van der Waals surface area contributed by atoms with E-state index in [-0.39, 0.29) is 43.8 Å². The average molecular weight is 493 g/mol. The number of phenolic OH excluding ortho intramolecular Hbond substituents is 1. The van der Waals surface area contributed by atoms with Gasteiger partial charge in [-0.15, -0.1) is 0 Å². The predicted molar refractivity (Wildman–Crippen MR) is 129 cm³/mol. The van der Waals surface area contributed by atoms with Crippen molar-refractivity contribution >= 4 is 39.3 Å². The molecule has 1 amide bonds. The van der Waals surface area contributed by atoms with Gasteiger partial charge >= 0.3 is 5.97 Å². The average Bonchev–Trinajstić information content (AvgIpc) is 3.37. The van der Waals surface area contributed by atoms with Crippen LogP contribution in [0.4, 0.5) is 5.13 Å². The molecule has 0 radical (unpaired) electrons. The zero-order chi connectivity index (χ0) is 24.9. The Kier molecular flexibility index (Phi) is 5.52. The van der Waals surface area contributed by atoms with E-state index in [0.717, 1.165) is 11.3 Å². The summed E-state index contributed by atoms with van der Waals surface area (Å²) in [5.74, 6) is -1.10. The molecule has 5 rings (SSSR count). The van der Waals surface area contributed by atoms with Gasteiger partial charge in [-0.2, -0.15) is 0 Å². The molecule has 35 heavy (non-hydrogen) atoms. The van der Waals surface area contributed by atoms with Gasteiger partial charge in [0, 0.05) is 0 Å². The minimum atomic E-state index is -0.922. The number of anilines is 1. The Labute approximate surface area is 203 Å². The molecule has 9 nitrogen and oxygen atoms in total. The van der Waals surface area contributed by atoms with Gasteiger partial charge in [0.25, 0.3) is 5.91 Å². The van der Waals surface area contributed by atoms with Crippen LogP contribution in [0, 0.1) is 6.92 Å². The number of aromatic nitrogens is 1. The van der Waals surface area contributed by atoms with E-state index in [9.17, 15) is 19.5 Å². The molecule has 0 bridgehead atoms. The summed E-state index contributed by atoms with van der Waals surface area (Å²) in [7, 11) is 1.26. The Bertz CT molecular complexity index is 1560. The minimum absolute atomic E-state index is 0.0738. The first-order valence-corrected chi connectivity index (χ1v) is 11.6. The highest BCUT2D eigenvalue weighted by molar-refractivity contribution is 7.17. The number of para-hydroxylation sites is 1. The molecule has 1 aliphatic heterocycles. The first-order valence-electron chi connectivity index (χ1n) is 10.8. The van der Waals surface area contributed by atoms with Gasteiger partial charge in [-0.05, 0) is 43.7 Å². The highest BCUT2D eigenvalue weighted by Gasteiger charge is 2.45. The number of amides is 1. The monoisotopic (exact) mass is 492 g/mol. The van der Waals surface area contributed by atoms with E-state index in [1.54, 1.807) is 50.2 Å². The second kappa shape index (κ2) is 8.55. The molecule has 10 heteroatoms. The Morgan fingerprint density at radius 3 is 2.74 bits per heavy atom. The SMILES string of the molecule is CCOc1cc([C@H]2c3c(oc4ccccc4c3=O)C(=O)N2c2nc(C)c(C(=O)OC)s2)ccc1O. The van der Waals surface area contributed by atoms with E-state index in [4.69, 9.17) is 13.9 Å². The Hall–Kier alpha value is -4.18. The van der Waals surface area contributed by atoms with Crippen molar-refractivity contribution < 1.29 is 28.6 Å². The maximum atomic E-state index is 13.7. The number of thiazole rings is 1. The number of rotatable bonds is 5. The molecule has 2 aromatic heterocycles. The molecule has 1 atom stereocenters. The third kappa shape index (κ3) is 3.53. The molecule has 178 valence electrons. The number of aryl methyl sites for hydroxylation is 1. The summed E-state index contributed by atoms with van der Waals surface area (Å²) in [4.78, 5) is 45.5. The number of benzene rings is 2. The number of carbonyl (C=O) groups is 2. The zero-order valence-corrected chi connectivity index (χ0v) is 19.8. The molecule has 4 aromatic rings. The van der Waals surface area contributed by atoms with Crippen molar-refractivity contribution in [3.8, 4) is 11.5 Å². The number of esters is 1. The van der Waals surface area contributed by atoms with E-state index in [1.165, 1.54) is 18.1 Å². The second-order valence-corrected chi connectivity index (χ2v) is 8.79. The summed E-state index contributed by atoms with van der Waals surface area (Å²) in [5.41, 5.74) is 0.985. The fraction of sp³-hybridized carbons (Fsp3) is 0.200. The highest BCUT2D eigenvalue weighted by atomic mass is 32.1. The third-order valence-corrected chi connectivity index (χ3v) is 6.88. The second-order valence-electron chi connectivity index (χ2n) is 7.81. The number of ether oxygens (including phenoxy) is 2. The van der Waals surface area contributed by atoms with Gasteiger partial charge in [-0.1, -0.05) is 29.5 Å². The number of hydrogen-bond acceptors (Lipinski definition) is 9. The summed E-state index contributed by atoms with van der Waals surface area (Å²) in [6, 6.07) is 10.4. The van der Waals surface area contributed by atoms with Crippen LogP contribution in [0.15, 0.2) is 51.7 Å². The molecule has 3 heterocycles. The van der Waals surface area contributed by atoms with E-state index in [2.05, 4.69) is 4.98 Å². The first-order chi connectivity index (χ1) is 16.8. The van der Waals surface area contributed by atoms with Crippen molar-refractivity contribution in [2.45, 2.75) is 19.9 Å². The van der Waals surface area contributed by atoms with Crippen molar-refractivity contribution in [1.82, 2.24) is 4.98 Å². The lowest BCUT2D eigenvalue weighted by atomic mass is 9.98. The minimum Gasteiger partial charge on any atom is -0.504 e. The summed E-state index contributed by atoms with van der Waals surface area (Å²) >= 11 is 0.985. The van der Waals surface area contributed by atoms with Crippen LogP contribution in [0.25, 0.3) is 11.0 Å². The lowest BCUT2D eigenvalue weighted by Gasteiger charge is -2.23. The largest absolute Gasteiger partial charge is 0.504 e. The lowest BCUT2D eigenvalue weighted by Crippen LogP contribution is -2.29. The van der Waals surface area contributed by atoms with E-state index >= 15 is 0 Å². The maximum absolute atomic E-state index is 13.7. The van der Waals surface area contributed by atoms with Gasteiger partial charge in [0.1, 0.15) is 10.5 Å². The Morgan fingerprint density at radius 2 is 2.00 bits per heavy atom. The van der Waals surface area contributed by atoms with Crippen molar-refractivity contribution in [3.63, 3.8) is 0 Å². The fourth-order valence-corrected chi connectivity index (χ4v) is 5.18. The highest BCUT2D eigenvalue weighted by Crippen LogP contribution is 2.44. The number of aromatic hydroxyl groups is 1. The smallest absolute Gasteiger partial charge is 0.350 e. The maximum Gasteiger partial charge on any atom is 0.350 e. The molecule has 2 aromatic carbocycles. The summed E-state index contributed by atoms with van der Waals surface area (Å²) in [6.07, 6.45) is 0. The van der Waals surface area contributed by atoms with Gasteiger partial charge in [0.2, 0.25) is 5.76 Å². The number of methoxy groups -OCH3 is 1. The fourth-order valence-electron chi connectivity index (χ4n) is 4.17. The predicted octanol–water partition coefficient (Wildman–Crippen LogP) is 4.20. The van der Waals surface area contributed by atoms with Crippen molar-refractivity contribution in [3.05, 3.63) is 80.1 Å². The van der Waals surface area contributed by atoms with Crippen LogP contribution in [-0.2, 0) is 4.74 Å². The van der Waals surface area contributed by atoms with Crippen LogP contribution < -0.4 is 15.1 Å². The zero-order valence-electron chi connectivity index (χ0n) is 19.0. The quantitative estimate of drug-likeness (QED) is 0.412. The van der Waals surface area contributed by atoms with Gasteiger partial charge < -0.3 is 19.0 Å². The van der Waals surface area contributed by atoms with Crippen LogP contribution in [0.5, 0.6) is 11.5 Å². The lowest BCUT2D eigenvalue weighted by molar-refractivity contribution is 0.0605. The molecule has 1 N–H and O–H groups in total. The molecule has 0 saturated heterocycles. The molecule has 1 aliphatic rings. The third-order valence-electron chi connectivity index (χ3n) is 5.74. The summed E-state index contributed by atoms with van der Waals surface area (Å²) < 4.78 is 16.3. The van der Waals surface area contributed by atoms with Crippen molar-refractivity contribution in [2.75, 3.05) is 18.6 Å². The Balaban J connectivity index is 1.78. The van der Waals surface area contributed by atoms with Crippen LogP contribution >= 0.6 is 11.3 Å². The summed E-state index contributed by atoms with van der Waals surface area (Å²) in [6.45, 7) is 3.72. The van der Waals surface area contributed by atoms with Gasteiger partial charge in [-0.3, -0.25) is 14.5 Å². The van der Waals surface area contributed by atoms with Gasteiger partial charge in [-0.25, -0.2) is 9.78 Å². The number of phenols is 1. The van der Waals surface area contributed by atoms with E-state index < -0.39 is 17.9 Å². The van der Waals surface area contributed by atoms with Crippen LogP contribution in [0.2, 0.25) is 0 Å².